The third-order valence-electron chi connectivity index (χ3n) is 3.30. The molecule has 0 unspecified atom stereocenters. The molecule has 21 heavy (non-hydrogen) atoms. The number of guanidine groups is 1. The van der Waals surface area contributed by atoms with Gasteiger partial charge in [0.25, 0.3) is 0 Å². The average Bonchev–Trinajstić information content (AvgIpc) is 2.94. The number of nitrogens with one attached hydrogen (secondary N) is 2. The minimum absolute atomic E-state index is 0. The van der Waals surface area contributed by atoms with Crippen LogP contribution in [0.3, 0.4) is 0 Å². The zero-order valence-electron chi connectivity index (χ0n) is 13.6. The van der Waals surface area contributed by atoms with Crippen LogP contribution in [0.4, 0.5) is 0 Å². The van der Waals surface area contributed by atoms with Gasteiger partial charge in [-0.2, -0.15) is 0 Å². The molecule has 1 heterocycles. The van der Waals surface area contributed by atoms with Gasteiger partial charge in [0.15, 0.2) is 5.96 Å². The van der Waals surface area contributed by atoms with Crippen LogP contribution in [0.1, 0.15) is 25.6 Å². The number of halogens is 1. The monoisotopic (exact) mass is 424 g/mol. The topological polar surface area (TPSA) is 39.7 Å². The molecule has 0 aliphatic carbocycles. The highest BCUT2D eigenvalue weighted by Gasteiger charge is 2.06. The summed E-state index contributed by atoms with van der Waals surface area (Å²) in [7, 11) is 1.82. The van der Waals surface area contributed by atoms with E-state index in [0.29, 0.717) is 6.04 Å². The minimum atomic E-state index is 0. The molecule has 6 heteroatoms. The molecule has 0 amide bonds. The number of hydrogen-bond acceptors (Lipinski definition) is 3. The van der Waals surface area contributed by atoms with Gasteiger partial charge in [0.2, 0.25) is 0 Å². The predicted octanol–water partition coefficient (Wildman–Crippen LogP) is 2.80. The van der Waals surface area contributed by atoms with Crippen LogP contribution in [0.2, 0.25) is 0 Å². The first-order chi connectivity index (χ1) is 9.67. The van der Waals surface area contributed by atoms with Crippen molar-refractivity contribution in [2.45, 2.75) is 33.2 Å². The lowest BCUT2D eigenvalue weighted by Crippen LogP contribution is -2.43. The third kappa shape index (κ3) is 8.63. The highest BCUT2D eigenvalue weighted by Crippen LogP contribution is 2.07. The summed E-state index contributed by atoms with van der Waals surface area (Å²) >= 11 is 1.80. The lowest BCUT2D eigenvalue weighted by Gasteiger charge is -2.25. The van der Waals surface area contributed by atoms with E-state index < -0.39 is 0 Å². The molecule has 0 radical (unpaired) electrons. The van der Waals surface area contributed by atoms with E-state index in [0.717, 1.165) is 38.6 Å². The van der Waals surface area contributed by atoms with Gasteiger partial charge in [0, 0.05) is 37.6 Å². The van der Waals surface area contributed by atoms with Crippen molar-refractivity contribution < 1.29 is 0 Å². The molecule has 0 aliphatic heterocycles. The summed E-state index contributed by atoms with van der Waals surface area (Å²) in [6.45, 7) is 10.6. The lowest BCUT2D eigenvalue weighted by atomic mass is 10.3. The van der Waals surface area contributed by atoms with Crippen LogP contribution in [0.15, 0.2) is 22.5 Å². The smallest absolute Gasteiger partial charge is 0.191 e. The molecule has 0 aromatic carbocycles. The molecule has 122 valence electrons. The van der Waals surface area contributed by atoms with E-state index in [9.17, 15) is 0 Å². The van der Waals surface area contributed by atoms with Gasteiger partial charge in [-0.3, -0.25) is 9.89 Å². The zero-order chi connectivity index (χ0) is 14.8. The van der Waals surface area contributed by atoms with Gasteiger partial charge in [0.05, 0.1) is 0 Å². The normalized spacial score (nSPS) is 11.6. The fourth-order valence-electron chi connectivity index (χ4n) is 2.08. The third-order valence-corrected chi connectivity index (χ3v) is 4.23. The molecule has 1 aromatic heterocycles. The quantitative estimate of drug-likeness (QED) is 0.383. The molecule has 4 nitrogen and oxygen atoms in total. The molecular formula is C15H29IN4S. The Balaban J connectivity index is 0.00000400. The van der Waals surface area contributed by atoms with Gasteiger partial charge in [-0.05, 0) is 38.3 Å². The molecule has 0 fully saturated rings. The Morgan fingerprint density at radius 2 is 2.05 bits per heavy atom. The van der Waals surface area contributed by atoms with Crippen LogP contribution < -0.4 is 10.6 Å². The number of thiophene rings is 1. The maximum atomic E-state index is 4.25. The zero-order valence-corrected chi connectivity index (χ0v) is 16.7. The van der Waals surface area contributed by atoms with E-state index in [1.54, 1.807) is 11.3 Å². The first kappa shape index (κ1) is 20.7. The molecule has 0 spiro atoms. The number of hydrogen-bond donors (Lipinski definition) is 2. The van der Waals surface area contributed by atoms with Crippen LogP contribution in [0, 0.1) is 0 Å². The van der Waals surface area contributed by atoms with Gasteiger partial charge in [-0.1, -0.05) is 13.0 Å². The van der Waals surface area contributed by atoms with Gasteiger partial charge in [0.1, 0.15) is 0 Å². The predicted molar refractivity (Wildman–Crippen MR) is 105 cm³/mol. The van der Waals surface area contributed by atoms with Gasteiger partial charge in [-0.15, -0.1) is 35.3 Å². The fourth-order valence-corrected chi connectivity index (χ4v) is 2.79. The number of likely N-dealkylation sites (N-methyl/N-ethyl adjacent to an activating group) is 1. The van der Waals surface area contributed by atoms with Crippen molar-refractivity contribution in [3.63, 3.8) is 0 Å². The number of aliphatic imine (C=N–C) groups is 1. The SMILES string of the molecule is CCN(CCNC(=NC)NCCc1cccs1)C(C)C.I. The Morgan fingerprint density at radius 1 is 1.33 bits per heavy atom. The standard InChI is InChI=1S/C15H28N4S.HI/c1-5-19(13(2)3)11-10-18-15(16-4)17-9-8-14-7-6-12-20-14;/h6-7,12-13H,5,8-11H2,1-4H3,(H2,16,17,18);1H. The molecule has 0 bridgehead atoms. The van der Waals surface area contributed by atoms with Crippen molar-refractivity contribution in [1.29, 1.82) is 0 Å². The molecule has 0 atom stereocenters. The summed E-state index contributed by atoms with van der Waals surface area (Å²) in [6.07, 6.45) is 1.05. The largest absolute Gasteiger partial charge is 0.356 e. The van der Waals surface area contributed by atoms with E-state index in [2.05, 4.69) is 58.8 Å². The van der Waals surface area contributed by atoms with Crippen molar-refractivity contribution in [1.82, 2.24) is 15.5 Å². The minimum Gasteiger partial charge on any atom is -0.356 e. The molecule has 2 N–H and O–H groups in total. The van der Waals surface area contributed by atoms with Gasteiger partial charge >= 0.3 is 0 Å². The molecule has 0 saturated heterocycles. The van der Waals surface area contributed by atoms with Crippen LogP contribution in [0.25, 0.3) is 0 Å². The summed E-state index contributed by atoms with van der Waals surface area (Å²) < 4.78 is 0. The second-order valence-corrected chi connectivity index (χ2v) is 6.01. The maximum absolute atomic E-state index is 4.25. The Bertz CT molecular complexity index is 379. The Morgan fingerprint density at radius 3 is 2.57 bits per heavy atom. The highest BCUT2D eigenvalue weighted by atomic mass is 127. The Hall–Kier alpha value is -0.340. The van der Waals surface area contributed by atoms with Crippen molar-refractivity contribution >= 4 is 41.3 Å². The van der Waals surface area contributed by atoms with E-state index in [1.807, 2.05) is 7.05 Å². The van der Waals surface area contributed by atoms with E-state index in [-0.39, 0.29) is 24.0 Å². The molecular weight excluding hydrogens is 395 g/mol. The van der Waals surface area contributed by atoms with E-state index >= 15 is 0 Å². The Kier molecular flexibility index (Phi) is 12.0. The van der Waals surface area contributed by atoms with Gasteiger partial charge in [-0.25, -0.2) is 0 Å². The molecule has 0 aliphatic rings. The second-order valence-electron chi connectivity index (χ2n) is 4.98. The Labute approximate surface area is 150 Å². The molecule has 0 saturated carbocycles. The summed E-state index contributed by atoms with van der Waals surface area (Å²) in [4.78, 5) is 8.10. The summed E-state index contributed by atoms with van der Waals surface area (Å²) in [5, 5.41) is 8.84. The molecule has 1 aromatic rings. The van der Waals surface area contributed by atoms with E-state index in [4.69, 9.17) is 0 Å². The molecule has 1 rings (SSSR count). The fraction of sp³-hybridized carbons (Fsp3) is 0.667. The van der Waals surface area contributed by atoms with Crippen molar-refractivity contribution in [3.8, 4) is 0 Å². The van der Waals surface area contributed by atoms with Crippen LogP contribution in [-0.4, -0.2) is 50.1 Å². The number of nitrogens with zero attached hydrogens (tertiary/aromatic N) is 2. The van der Waals surface area contributed by atoms with Crippen LogP contribution in [-0.2, 0) is 6.42 Å². The number of rotatable bonds is 8. The van der Waals surface area contributed by atoms with Crippen LogP contribution >= 0.6 is 35.3 Å². The summed E-state index contributed by atoms with van der Waals surface area (Å²) in [6, 6.07) is 4.86. The van der Waals surface area contributed by atoms with Crippen molar-refractivity contribution in [3.05, 3.63) is 22.4 Å². The maximum Gasteiger partial charge on any atom is 0.191 e. The lowest BCUT2D eigenvalue weighted by molar-refractivity contribution is 0.237. The van der Waals surface area contributed by atoms with E-state index in [1.165, 1.54) is 4.88 Å². The van der Waals surface area contributed by atoms with Crippen molar-refractivity contribution in [2.24, 2.45) is 4.99 Å². The van der Waals surface area contributed by atoms with Crippen LogP contribution in [0.5, 0.6) is 0 Å². The summed E-state index contributed by atoms with van der Waals surface area (Å²) in [5.74, 6) is 0.890. The first-order valence-corrected chi connectivity index (χ1v) is 8.26. The van der Waals surface area contributed by atoms with Gasteiger partial charge < -0.3 is 10.6 Å². The highest BCUT2D eigenvalue weighted by molar-refractivity contribution is 14.0. The van der Waals surface area contributed by atoms with Crippen molar-refractivity contribution in [2.75, 3.05) is 33.2 Å². The second kappa shape index (κ2) is 12.2. The summed E-state index contributed by atoms with van der Waals surface area (Å²) in [5.41, 5.74) is 0. The first-order valence-electron chi connectivity index (χ1n) is 7.38. The average molecular weight is 424 g/mol.